The minimum atomic E-state index is -4.63. The molecule has 1 N–H and O–H groups in total. The number of halogens is 3. The van der Waals surface area contributed by atoms with E-state index in [0.29, 0.717) is 19.3 Å². The van der Waals surface area contributed by atoms with Crippen LogP contribution >= 0.6 is 0 Å². The molecule has 0 saturated carbocycles. The van der Waals surface area contributed by atoms with E-state index in [-0.39, 0.29) is 19.5 Å². The first kappa shape index (κ1) is 41.7. The van der Waals surface area contributed by atoms with Crippen LogP contribution in [0.4, 0.5) is 13.2 Å². The number of unbranched alkanes of at least 4 members (excludes halogenated alkanes) is 26. The van der Waals surface area contributed by atoms with Crippen molar-refractivity contribution in [3.8, 4) is 0 Å². The van der Waals surface area contributed by atoms with Crippen LogP contribution in [-0.4, -0.2) is 37.2 Å². The van der Waals surface area contributed by atoms with E-state index < -0.39 is 27.7 Å². The van der Waals surface area contributed by atoms with E-state index in [1.165, 1.54) is 103 Å². The number of rotatable bonds is 34. The fourth-order valence-electron chi connectivity index (χ4n) is 5.96. The molecule has 0 rings (SSSR count). The Bertz CT molecular complexity index is 647. The zero-order chi connectivity index (χ0) is 31.2. The lowest BCUT2D eigenvalue weighted by atomic mass is 10.00. The molecule has 0 radical (unpaired) electrons. The summed E-state index contributed by atoms with van der Waals surface area (Å²) in [6.07, 6.45) is 27.6. The van der Waals surface area contributed by atoms with Crippen molar-refractivity contribution in [3.63, 3.8) is 0 Å². The van der Waals surface area contributed by atoms with Gasteiger partial charge >= 0.3 is 0 Å². The lowest BCUT2D eigenvalue weighted by Crippen LogP contribution is -2.37. The molecule has 0 amide bonds. The summed E-state index contributed by atoms with van der Waals surface area (Å²) >= 11 is 0. The molecule has 0 aromatic rings. The van der Waals surface area contributed by atoms with Gasteiger partial charge in [-0.1, -0.05) is 180 Å². The second-order valence-electron chi connectivity index (χ2n) is 12.8. The molecule has 0 bridgehead atoms. The zero-order valence-electron chi connectivity index (χ0n) is 27.5. The first-order valence-corrected chi connectivity index (χ1v) is 19.6. The molecule has 0 aromatic carbocycles. The molecule has 3 unspecified atom stereocenters. The fraction of sp³-hybridized carbons (Fsp3) is 1.00. The van der Waals surface area contributed by atoms with Gasteiger partial charge in [-0.15, -0.1) is 0 Å². The van der Waals surface area contributed by atoms with Gasteiger partial charge in [-0.2, -0.15) is 8.42 Å². The van der Waals surface area contributed by atoms with Crippen molar-refractivity contribution in [2.24, 2.45) is 0 Å². The van der Waals surface area contributed by atoms with Crippen molar-refractivity contribution in [2.45, 2.75) is 217 Å². The van der Waals surface area contributed by atoms with Crippen molar-refractivity contribution >= 4 is 10.1 Å². The van der Waals surface area contributed by atoms with Crippen LogP contribution in [0, 0.1) is 0 Å². The third-order valence-electron chi connectivity index (χ3n) is 8.79. The summed E-state index contributed by atoms with van der Waals surface area (Å²) in [6.45, 7) is 1.97. The van der Waals surface area contributed by atoms with Crippen molar-refractivity contribution in [3.05, 3.63) is 0 Å². The molecule has 0 saturated heterocycles. The molecule has 0 aliphatic rings. The van der Waals surface area contributed by atoms with Crippen molar-refractivity contribution in [1.82, 2.24) is 0 Å². The maximum atomic E-state index is 14.7. The normalized spacial score (nSPS) is 14.3. The molecule has 254 valence electrons. The van der Waals surface area contributed by atoms with Crippen LogP contribution < -0.4 is 0 Å². The van der Waals surface area contributed by atoms with Gasteiger partial charge in [0.05, 0.1) is 6.67 Å². The second-order valence-corrected chi connectivity index (χ2v) is 14.5. The van der Waals surface area contributed by atoms with E-state index in [4.69, 9.17) is 0 Å². The molecule has 0 aromatic heterocycles. The third kappa shape index (κ3) is 27.3. The monoisotopic (exact) mass is 626 g/mol. The smallest absolute Gasteiger partial charge is 0.270 e. The van der Waals surface area contributed by atoms with Gasteiger partial charge in [0.2, 0.25) is 0 Å². The summed E-state index contributed by atoms with van der Waals surface area (Å²) in [7, 11) is -4.63. The maximum absolute atomic E-state index is 14.7. The summed E-state index contributed by atoms with van der Waals surface area (Å²) in [5, 5.41) is -1.67. The van der Waals surface area contributed by atoms with Crippen LogP contribution in [0.2, 0.25) is 0 Å². The number of alkyl halides is 3. The Labute approximate surface area is 259 Å². The number of hydrogen-bond acceptors (Lipinski definition) is 2. The molecule has 0 spiro atoms. The predicted octanol–water partition coefficient (Wildman–Crippen LogP) is 12.6. The highest BCUT2D eigenvalue weighted by atomic mass is 32.2. The average molecular weight is 627 g/mol. The Morgan fingerprint density at radius 3 is 1.07 bits per heavy atom. The molecule has 0 aliphatic heterocycles. The Morgan fingerprint density at radius 1 is 0.476 bits per heavy atom. The maximum Gasteiger partial charge on any atom is 0.270 e. The minimum Gasteiger partial charge on any atom is -0.285 e. The summed E-state index contributed by atoms with van der Waals surface area (Å²) < 4.78 is 74.2. The van der Waals surface area contributed by atoms with Crippen LogP contribution in [-0.2, 0) is 10.1 Å². The summed E-state index contributed by atoms with van der Waals surface area (Å²) in [5.41, 5.74) is 0. The van der Waals surface area contributed by atoms with Gasteiger partial charge in [0, 0.05) is 0 Å². The van der Waals surface area contributed by atoms with Gasteiger partial charge in [-0.25, -0.2) is 8.78 Å². The Hall–Kier alpha value is -0.300. The highest BCUT2D eigenvalue weighted by molar-refractivity contribution is 7.86. The first-order valence-electron chi connectivity index (χ1n) is 18.1. The molecule has 0 heterocycles. The van der Waals surface area contributed by atoms with E-state index >= 15 is 0 Å². The molecule has 0 aliphatic carbocycles. The predicted molar refractivity (Wildman–Crippen MR) is 175 cm³/mol. The summed E-state index contributed by atoms with van der Waals surface area (Å²) in [4.78, 5) is 0. The molecular weight excluding hydrogens is 557 g/mol. The minimum absolute atomic E-state index is 0.0308. The van der Waals surface area contributed by atoms with Crippen LogP contribution in [0.3, 0.4) is 0 Å². The van der Waals surface area contributed by atoms with Gasteiger partial charge in [0.25, 0.3) is 10.1 Å². The molecular formula is C35H69F3O3S. The van der Waals surface area contributed by atoms with Crippen LogP contribution in [0.5, 0.6) is 0 Å². The quantitative estimate of drug-likeness (QED) is 0.0571. The largest absolute Gasteiger partial charge is 0.285 e. The van der Waals surface area contributed by atoms with Crippen molar-refractivity contribution in [1.29, 1.82) is 0 Å². The van der Waals surface area contributed by atoms with Crippen molar-refractivity contribution < 1.29 is 26.1 Å². The lowest BCUT2D eigenvalue weighted by Gasteiger charge is -2.21. The van der Waals surface area contributed by atoms with E-state index in [0.717, 1.165) is 57.8 Å². The number of hydrogen-bond donors (Lipinski definition) is 1. The Morgan fingerprint density at radius 2 is 0.762 bits per heavy atom. The van der Waals surface area contributed by atoms with E-state index in [2.05, 4.69) is 6.92 Å². The topological polar surface area (TPSA) is 54.4 Å². The van der Waals surface area contributed by atoms with Gasteiger partial charge in [-0.3, -0.25) is 8.94 Å². The van der Waals surface area contributed by atoms with Gasteiger partial charge in [0.15, 0.2) is 6.17 Å². The summed E-state index contributed by atoms with van der Waals surface area (Å²) in [6, 6.07) is 0. The fourth-order valence-corrected chi connectivity index (χ4v) is 6.92. The van der Waals surface area contributed by atoms with E-state index in [1.54, 1.807) is 0 Å². The SMILES string of the molecule is CCCCCCCCCCCCCCCCCCCCCCCC(C(F)C(F)CCCCCCCCCF)S(=O)(=O)O. The van der Waals surface area contributed by atoms with Gasteiger partial charge < -0.3 is 0 Å². The lowest BCUT2D eigenvalue weighted by molar-refractivity contribution is 0.142. The first-order chi connectivity index (χ1) is 20.3. The average Bonchev–Trinajstić information content (AvgIpc) is 2.96. The van der Waals surface area contributed by atoms with Crippen LogP contribution in [0.25, 0.3) is 0 Å². The molecule has 3 nitrogen and oxygen atoms in total. The van der Waals surface area contributed by atoms with Gasteiger partial charge in [-0.05, 0) is 19.3 Å². The zero-order valence-corrected chi connectivity index (χ0v) is 28.3. The van der Waals surface area contributed by atoms with Gasteiger partial charge in [0.1, 0.15) is 11.4 Å². The standard InChI is InChI=1S/C35H69F3O3S/c1-2-3-4-5-6-7-8-9-10-11-12-13-14-15-16-17-18-19-22-25-28-31-34(42(39,40)41)35(38)33(37)30-27-24-21-20-23-26-29-32-36/h33-35H,2-32H2,1H3,(H,39,40,41). The Kier molecular flexibility index (Phi) is 30.5. The van der Waals surface area contributed by atoms with Crippen molar-refractivity contribution in [2.75, 3.05) is 6.67 Å². The highest BCUT2D eigenvalue weighted by Crippen LogP contribution is 2.25. The summed E-state index contributed by atoms with van der Waals surface area (Å²) in [5.74, 6) is 0. The van der Waals surface area contributed by atoms with Crippen LogP contribution in [0.1, 0.15) is 200 Å². The van der Waals surface area contributed by atoms with Crippen LogP contribution in [0.15, 0.2) is 0 Å². The molecule has 0 fully saturated rings. The van der Waals surface area contributed by atoms with E-state index in [1.807, 2.05) is 0 Å². The second kappa shape index (κ2) is 30.7. The molecule has 42 heavy (non-hydrogen) atoms. The highest BCUT2D eigenvalue weighted by Gasteiger charge is 2.37. The Balaban J connectivity index is 3.68. The van der Waals surface area contributed by atoms with E-state index in [9.17, 15) is 26.1 Å². The molecule has 7 heteroatoms. The molecule has 3 atom stereocenters. The third-order valence-corrected chi connectivity index (χ3v) is 10.0.